The van der Waals surface area contributed by atoms with Gasteiger partial charge in [0.2, 0.25) is 5.91 Å². The van der Waals surface area contributed by atoms with Crippen molar-refractivity contribution in [2.45, 2.75) is 25.3 Å². The van der Waals surface area contributed by atoms with Gasteiger partial charge in [-0.3, -0.25) is 4.79 Å². The zero-order chi connectivity index (χ0) is 18.3. The number of phenols is 1. The number of fused-ring (bicyclic) bond motifs is 3. The Morgan fingerprint density at radius 1 is 1.27 bits per heavy atom. The van der Waals surface area contributed by atoms with Crippen molar-refractivity contribution in [2.75, 3.05) is 17.7 Å². The van der Waals surface area contributed by atoms with E-state index in [4.69, 9.17) is 4.74 Å². The molecule has 0 saturated carbocycles. The van der Waals surface area contributed by atoms with Gasteiger partial charge >= 0.3 is 0 Å². The summed E-state index contributed by atoms with van der Waals surface area (Å²) in [6.07, 6.45) is 5.46. The Morgan fingerprint density at radius 3 is 2.88 bits per heavy atom. The Kier molecular flexibility index (Phi) is 4.07. The largest absolute Gasteiger partial charge is 0.504 e. The molecule has 1 aliphatic carbocycles. The molecule has 3 N–H and O–H groups in total. The zero-order valence-electron chi connectivity index (χ0n) is 14.8. The van der Waals surface area contributed by atoms with Crippen LogP contribution < -0.4 is 15.4 Å². The lowest BCUT2D eigenvalue weighted by Crippen LogP contribution is -2.29. The number of aromatic hydroxyl groups is 1. The lowest BCUT2D eigenvalue weighted by Gasteiger charge is -2.38. The number of carbonyl (C=O) groups is 1. The Bertz CT molecular complexity index is 891. The van der Waals surface area contributed by atoms with Crippen LogP contribution in [0.3, 0.4) is 0 Å². The van der Waals surface area contributed by atoms with Gasteiger partial charge in [0.15, 0.2) is 11.5 Å². The number of hydrogen-bond donors (Lipinski definition) is 3. The van der Waals surface area contributed by atoms with Crippen LogP contribution in [0.15, 0.2) is 48.6 Å². The van der Waals surface area contributed by atoms with Gasteiger partial charge in [0.25, 0.3) is 0 Å². The van der Waals surface area contributed by atoms with Gasteiger partial charge in [-0.15, -0.1) is 0 Å². The van der Waals surface area contributed by atoms with Gasteiger partial charge in [0, 0.05) is 24.2 Å². The third-order valence-corrected chi connectivity index (χ3v) is 5.25. The van der Waals surface area contributed by atoms with Crippen molar-refractivity contribution in [3.05, 3.63) is 59.7 Å². The minimum Gasteiger partial charge on any atom is -0.504 e. The normalized spacial score (nSPS) is 22.9. The number of benzene rings is 2. The Morgan fingerprint density at radius 2 is 2.12 bits per heavy atom. The van der Waals surface area contributed by atoms with E-state index < -0.39 is 0 Å². The SMILES string of the molecule is COc1cc(C2Nc3ccc(NC(C)=O)cc3C3C=CCC32)ccc1O. The lowest BCUT2D eigenvalue weighted by atomic mass is 9.77. The highest BCUT2D eigenvalue weighted by molar-refractivity contribution is 5.89. The molecule has 3 atom stereocenters. The van der Waals surface area contributed by atoms with E-state index in [1.807, 2.05) is 24.3 Å². The summed E-state index contributed by atoms with van der Waals surface area (Å²) in [6.45, 7) is 1.52. The van der Waals surface area contributed by atoms with Gasteiger partial charge < -0.3 is 20.5 Å². The second-order valence-electron chi connectivity index (χ2n) is 6.89. The van der Waals surface area contributed by atoms with Crippen LogP contribution in [0.2, 0.25) is 0 Å². The molecule has 5 heteroatoms. The van der Waals surface area contributed by atoms with Crippen molar-refractivity contribution < 1.29 is 14.6 Å². The molecule has 0 aromatic heterocycles. The number of amides is 1. The average Bonchev–Trinajstić information content (AvgIpc) is 3.11. The Balaban J connectivity index is 1.72. The summed E-state index contributed by atoms with van der Waals surface area (Å²) in [6, 6.07) is 11.7. The van der Waals surface area contributed by atoms with Crippen molar-refractivity contribution in [3.63, 3.8) is 0 Å². The molecule has 0 saturated heterocycles. The minimum atomic E-state index is -0.0682. The smallest absolute Gasteiger partial charge is 0.221 e. The van der Waals surface area contributed by atoms with Crippen LogP contribution in [0.1, 0.15) is 36.4 Å². The summed E-state index contributed by atoms with van der Waals surface area (Å²) in [4.78, 5) is 11.4. The van der Waals surface area contributed by atoms with Gasteiger partial charge in [-0.25, -0.2) is 0 Å². The highest BCUT2D eigenvalue weighted by atomic mass is 16.5. The second-order valence-corrected chi connectivity index (χ2v) is 6.89. The first-order valence-corrected chi connectivity index (χ1v) is 8.78. The highest BCUT2D eigenvalue weighted by Gasteiger charge is 2.38. The van der Waals surface area contributed by atoms with Crippen LogP contribution in [0, 0.1) is 5.92 Å². The standard InChI is InChI=1S/C21H22N2O3/c1-12(24)22-14-7-8-18-17(11-14)15-4-3-5-16(15)21(23-18)13-6-9-19(25)20(10-13)26-2/h3-4,6-11,15-16,21,23,25H,5H2,1-2H3,(H,22,24). The summed E-state index contributed by atoms with van der Waals surface area (Å²) in [5, 5.41) is 16.4. The molecule has 4 rings (SSSR count). The maximum atomic E-state index is 11.4. The molecule has 2 aromatic carbocycles. The molecule has 0 radical (unpaired) electrons. The molecule has 0 fully saturated rings. The molecule has 2 aromatic rings. The van der Waals surface area contributed by atoms with Crippen LogP contribution in [0.25, 0.3) is 0 Å². The van der Waals surface area contributed by atoms with Crippen LogP contribution in [-0.4, -0.2) is 18.1 Å². The van der Waals surface area contributed by atoms with Crippen molar-refractivity contribution in [3.8, 4) is 11.5 Å². The Labute approximate surface area is 152 Å². The zero-order valence-corrected chi connectivity index (χ0v) is 14.8. The van der Waals surface area contributed by atoms with E-state index in [-0.39, 0.29) is 17.7 Å². The van der Waals surface area contributed by atoms with E-state index in [1.165, 1.54) is 12.5 Å². The monoisotopic (exact) mass is 350 g/mol. The van der Waals surface area contributed by atoms with Gasteiger partial charge in [-0.1, -0.05) is 18.2 Å². The fourth-order valence-electron chi connectivity index (χ4n) is 4.09. The fourth-order valence-corrected chi connectivity index (χ4v) is 4.09. The molecular weight excluding hydrogens is 328 g/mol. The van der Waals surface area contributed by atoms with Crippen LogP contribution in [-0.2, 0) is 4.79 Å². The van der Waals surface area contributed by atoms with Crippen LogP contribution in [0.5, 0.6) is 11.5 Å². The molecule has 1 aliphatic heterocycles. The Hall–Kier alpha value is -2.95. The van der Waals surface area contributed by atoms with E-state index in [0.717, 1.165) is 23.4 Å². The number of phenolic OH excluding ortho intramolecular Hbond substituents is 1. The van der Waals surface area contributed by atoms with Crippen molar-refractivity contribution in [1.82, 2.24) is 0 Å². The first kappa shape index (κ1) is 16.5. The fraction of sp³-hybridized carbons (Fsp3) is 0.286. The second kappa shape index (κ2) is 6.41. The van der Waals surface area contributed by atoms with E-state index in [2.05, 4.69) is 28.9 Å². The number of hydrogen-bond acceptors (Lipinski definition) is 4. The molecule has 26 heavy (non-hydrogen) atoms. The van der Waals surface area contributed by atoms with E-state index in [1.54, 1.807) is 13.2 Å². The summed E-state index contributed by atoms with van der Waals surface area (Å²) < 4.78 is 5.28. The molecule has 0 bridgehead atoms. The lowest BCUT2D eigenvalue weighted by molar-refractivity contribution is -0.114. The molecule has 3 unspecified atom stereocenters. The molecule has 1 heterocycles. The highest BCUT2D eigenvalue weighted by Crippen LogP contribution is 2.50. The third-order valence-electron chi connectivity index (χ3n) is 5.25. The molecule has 1 amide bonds. The maximum Gasteiger partial charge on any atom is 0.221 e. The number of ether oxygens (including phenoxy) is 1. The summed E-state index contributed by atoms with van der Waals surface area (Å²) in [5.41, 5.74) is 4.19. The summed E-state index contributed by atoms with van der Waals surface area (Å²) in [7, 11) is 1.56. The number of nitrogens with one attached hydrogen (secondary N) is 2. The average molecular weight is 350 g/mol. The van der Waals surface area contributed by atoms with Crippen molar-refractivity contribution in [1.29, 1.82) is 0 Å². The van der Waals surface area contributed by atoms with Gasteiger partial charge in [-0.2, -0.15) is 0 Å². The van der Waals surface area contributed by atoms with Crippen molar-refractivity contribution in [2.24, 2.45) is 5.92 Å². The van der Waals surface area contributed by atoms with Crippen LogP contribution >= 0.6 is 0 Å². The molecule has 5 nitrogen and oxygen atoms in total. The van der Waals surface area contributed by atoms with Gasteiger partial charge in [0.05, 0.1) is 13.2 Å². The maximum absolute atomic E-state index is 11.4. The first-order chi connectivity index (χ1) is 12.6. The van der Waals surface area contributed by atoms with E-state index in [9.17, 15) is 9.90 Å². The van der Waals surface area contributed by atoms with Crippen molar-refractivity contribution >= 4 is 17.3 Å². The molecule has 2 aliphatic rings. The summed E-state index contributed by atoms with van der Waals surface area (Å²) in [5.74, 6) is 1.24. The molecular formula is C21H22N2O3. The number of carbonyl (C=O) groups excluding carboxylic acids is 1. The van der Waals surface area contributed by atoms with Gasteiger partial charge in [0.1, 0.15) is 0 Å². The summed E-state index contributed by atoms with van der Waals surface area (Å²) >= 11 is 0. The number of rotatable bonds is 3. The van der Waals surface area contributed by atoms with E-state index >= 15 is 0 Å². The minimum absolute atomic E-state index is 0.0682. The molecule has 0 spiro atoms. The predicted molar refractivity (Wildman–Crippen MR) is 102 cm³/mol. The predicted octanol–water partition coefficient (Wildman–Crippen LogP) is 4.19. The van der Waals surface area contributed by atoms with Crippen LogP contribution in [0.4, 0.5) is 11.4 Å². The third kappa shape index (κ3) is 2.79. The quantitative estimate of drug-likeness (QED) is 0.726. The molecule has 134 valence electrons. The first-order valence-electron chi connectivity index (χ1n) is 8.78. The topological polar surface area (TPSA) is 70.6 Å². The van der Waals surface area contributed by atoms with E-state index in [0.29, 0.717) is 17.6 Å². The number of methoxy groups -OCH3 is 1. The van der Waals surface area contributed by atoms with Gasteiger partial charge in [-0.05, 0) is 53.8 Å². The number of allylic oxidation sites excluding steroid dienone is 2. The number of anilines is 2.